The smallest absolute Gasteiger partial charge is 0.251 e. The summed E-state index contributed by atoms with van der Waals surface area (Å²) in [4.78, 5) is 11.8. The summed E-state index contributed by atoms with van der Waals surface area (Å²) in [5.41, 5.74) is 6.60. The van der Waals surface area contributed by atoms with Gasteiger partial charge in [-0.1, -0.05) is 6.92 Å². The molecule has 0 aliphatic carbocycles. The summed E-state index contributed by atoms with van der Waals surface area (Å²) >= 11 is 0. The van der Waals surface area contributed by atoms with Crippen LogP contribution < -0.4 is 15.8 Å². The molecule has 1 aromatic rings. The van der Waals surface area contributed by atoms with Crippen molar-refractivity contribution in [3.05, 3.63) is 23.8 Å². The monoisotopic (exact) mass is 238 g/mol. The van der Waals surface area contributed by atoms with Gasteiger partial charge in [-0.2, -0.15) is 0 Å². The molecule has 0 saturated carbocycles. The summed E-state index contributed by atoms with van der Waals surface area (Å²) < 4.78 is 5.04. The lowest BCUT2D eigenvalue weighted by Gasteiger charge is -2.14. The number of carbonyl (C=O) groups is 1. The van der Waals surface area contributed by atoms with Crippen LogP contribution in [-0.2, 0) is 0 Å². The first kappa shape index (κ1) is 13.3. The van der Waals surface area contributed by atoms with Gasteiger partial charge in [0.15, 0.2) is 0 Å². The van der Waals surface area contributed by atoms with Crippen molar-refractivity contribution in [2.75, 3.05) is 19.5 Å². The number of hydrogen-bond acceptors (Lipinski definition) is 4. The van der Waals surface area contributed by atoms with Crippen molar-refractivity contribution in [1.29, 1.82) is 0 Å². The fourth-order valence-corrected chi connectivity index (χ4v) is 1.40. The van der Waals surface area contributed by atoms with Gasteiger partial charge in [0.1, 0.15) is 5.75 Å². The third-order valence-electron chi connectivity index (χ3n) is 2.54. The van der Waals surface area contributed by atoms with E-state index < -0.39 is 0 Å². The minimum atomic E-state index is -0.246. The standard InChI is InChI=1S/C12H18N2O3/c1-3-9(7-15)14-12(16)8-4-5-10(13)11(6-8)17-2/h4-6,9,15H,3,7,13H2,1-2H3,(H,14,16). The third-order valence-corrected chi connectivity index (χ3v) is 2.54. The number of nitrogens with one attached hydrogen (secondary N) is 1. The van der Waals surface area contributed by atoms with Gasteiger partial charge >= 0.3 is 0 Å². The molecule has 1 atom stereocenters. The molecule has 4 N–H and O–H groups in total. The summed E-state index contributed by atoms with van der Waals surface area (Å²) in [5, 5.41) is 11.7. The van der Waals surface area contributed by atoms with E-state index in [1.807, 2.05) is 6.92 Å². The van der Waals surface area contributed by atoms with Gasteiger partial charge in [0, 0.05) is 5.56 Å². The van der Waals surface area contributed by atoms with E-state index in [0.29, 0.717) is 23.4 Å². The molecular formula is C12H18N2O3. The Morgan fingerprint density at radius 3 is 2.82 bits per heavy atom. The van der Waals surface area contributed by atoms with Crippen molar-refractivity contribution in [3.63, 3.8) is 0 Å². The Hall–Kier alpha value is -1.75. The molecule has 5 nitrogen and oxygen atoms in total. The quantitative estimate of drug-likeness (QED) is 0.662. The molecule has 1 amide bonds. The molecule has 0 aliphatic heterocycles. The second-order valence-electron chi connectivity index (χ2n) is 3.72. The third kappa shape index (κ3) is 3.35. The lowest BCUT2D eigenvalue weighted by molar-refractivity contribution is 0.0914. The molecule has 5 heteroatoms. The second kappa shape index (κ2) is 6.10. The Morgan fingerprint density at radius 2 is 2.29 bits per heavy atom. The van der Waals surface area contributed by atoms with Crippen LogP contribution >= 0.6 is 0 Å². The van der Waals surface area contributed by atoms with Crippen LogP contribution in [0.1, 0.15) is 23.7 Å². The number of ether oxygens (including phenoxy) is 1. The van der Waals surface area contributed by atoms with E-state index in [0.717, 1.165) is 0 Å². The Morgan fingerprint density at radius 1 is 1.59 bits per heavy atom. The minimum Gasteiger partial charge on any atom is -0.495 e. The number of rotatable bonds is 5. The first-order valence-electron chi connectivity index (χ1n) is 5.47. The number of anilines is 1. The second-order valence-corrected chi connectivity index (χ2v) is 3.72. The van der Waals surface area contributed by atoms with E-state index in [4.69, 9.17) is 15.6 Å². The molecule has 0 bridgehead atoms. The maximum absolute atomic E-state index is 11.8. The van der Waals surface area contributed by atoms with Gasteiger partial charge in [-0.05, 0) is 24.6 Å². The Labute approximate surface area is 101 Å². The molecule has 0 radical (unpaired) electrons. The molecular weight excluding hydrogens is 220 g/mol. The highest BCUT2D eigenvalue weighted by atomic mass is 16.5. The van der Waals surface area contributed by atoms with E-state index >= 15 is 0 Å². The van der Waals surface area contributed by atoms with Crippen LogP contribution in [0.2, 0.25) is 0 Å². The summed E-state index contributed by atoms with van der Waals surface area (Å²) in [6, 6.07) is 4.59. The molecule has 0 saturated heterocycles. The van der Waals surface area contributed by atoms with Crippen molar-refractivity contribution in [1.82, 2.24) is 5.32 Å². The molecule has 0 heterocycles. The highest BCUT2D eigenvalue weighted by Crippen LogP contribution is 2.22. The number of benzene rings is 1. The zero-order valence-corrected chi connectivity index (χ0v) is 10.1. The molecule has 0 aromatic heterocycles. The number of amides is 1. The molecule has 94 valence electrons. The molecule has 1 unspecified atom stereocenters. The first-order valence-corrected chi connectivity index (χ1v) is 5.47. The van der Waals surface area contributed by atoms with Gasteiger partial charge < -0.3 is 20.9 Å². The van der Waals surface area contributed by atoms with Crippen LogP contribution in [0.4, 0.5) is 5.69 Å². The maximum Gasteiger partial charge on any atom is 0.251 e. The summed E-state index contributed by atoms with van der Waals surface area (Å²) in [6.07, 6.45) is 0.675. The predicted molar refractivity (Wildman–Crippen MR) is 66.0 cm³/mol. The van der Waals surface area contributed by atoms with Gasteiger partial charge in [-0.15, -0.1) is 0 Å². The van der Waals surface area contributed by atoms with Crippen molar-refractivity contribution < 1.29 is 14.6 Å². The van der Waals surface area contributed by atoms with Crippen LogP contribution in [0.5, 0.6) is 5.75 Å². The summed E-state index contributed by atoms with van der Waals surface area (Å²) in [7, 11) is 1.50. The largest absolute Gasteiger partial charge is 0.495 e. The number of nitrogen functional groups attached to an aromatic ring is 1. The van der Waals surface area contributed by atoms with E-state index in [1.54, 1.807) is 18.2 Å². The highest BCUT2D eigenvalue weighted by Gasteiger charge is 2.12. The van der Waals surface area contributed by atoms with E-state index in [2.05, 4.69) is 5.32 Å². The molecule has 0 aliphatic rings. The van der Waals surface area contributed by atoms with Crippen LogP contribution in [0.25, 0.3) is 0 Å². The van der Waals surface area contributed by atoms with Crippen LogP contribution in [-0.4, -0.2) is 30.8 Å². The fourth-order valence-electron chi connectivity index (χ4n) is 1.40. The van der Waals surface area contributed by atoms with Gasteiger partial charge in [0.2, 0.25) is 0 Å². The summed E-state index contributed by atoms with van der Waals surface area (Å²) in [5.74, 6) is 0.221. The van der Waals surface area contributed by atoms with Gasteiger partial charge in [-0.25, -0.2) is 0 Å². The molecule has 0 fully saturated rings. The number of aliphatic hydroxyl groups excluding tert-OH is 1. The number of hydrogen-bond donors (Lipinski definition) is 3. The normalized spacial score (nSPS) is 11.9. The van der Waals surface area contributed by atoms with E-state index in [9.17, 15) is 4.79 Å². The fraction of sp³-hybridized carbons (Fsp3) is 0.417. The minimum absolute atomic E-state index is 0.0751. The summed E-state index contributed by atoms with van der Waals surface area (Å²) in [6.45, 7) is 1.82. The zero-order chi connectivity index (χ0) is 12.8. The lowest BCUT2D eigenvalue weighted by Crippen LogP contribution is -2.36. The number of nitrogens with two attached hydrogens (primary N) is 1. The van der Waals surface area contributed by atoms with E-state index in [-0.39, 0.29) is 18.6 Å². The van der Waals surface area contributed by atoms with Gasteiger partial charge in [0.25, 0.3) is 5.91 Å². The molecule has 1 rings (SSSR count). The number of carbonyl (C=O) groups excluding carboxylic acids is 1. The Bertz CT molecular complexity index is 389. The van der Waals surface area contributed by atoms with Gasteiger partial charge in [-0.3, -0.25) is 4.79 Å². The van der Waals surface area contributed by atoms with Crippen molar-refractivity contribution in [3.8, 4) is 5.75 Å². The molecule has 17 heavy (non-hydrogen) atoms. The average Bonchev–Trinajstić information content (AvgIpc) is 2.36. The number of methoxy groups -OCH3 is 1. The zero-order valence-electron chi connectivity index (χ0n) is 10.1. The average molecular weight is 238 g/mol. The number of aliphatic hydroxyl groups is 1. The predicted octanol–water partition coefficient (Wildman–Crippen LogP) is 0.778. The van der Waals surface area contributed by atoms with Crippen molar-refractivity contribution in [2.24, 2.45) is 0 Å². The highest BCUT2D eigenvalue weighted by molar-refractivity contribution is 5.95. The van der Waals surface area contributed by atoms with Crippen LogP contribution in [0, 0.1) is 0 Å². The van der Waals surface area contributed by atoms with Crippen LogP contribution in [0.3, 0.4) is 0 Å². The van der Waals surface area contributed by atoms with Crippen molar-refractivity contribution in [2.45, 2.75) is 19.4 Å². The lowest BCUT2D eigenvalue weighted by atomic mass is 10.1. The van der Waals surface area contributed by atoms with Crippen LogP contribution in [0.15, 0.2) is 18.2 Å². The Balaban J connectivity index is 2.82. The topological polar surface area (TPSA) is 84.6 Å². The van der Waals surface area contributed by atoms with Crippen molar-refractivity contribution >= 4 is 11.6 Å². The molecule has 1 aromatic carbocycles. The van der Waals surface area contributed by atoms with E-state index in [1.165, 1.54) is 7.11 Å². The first-order chi connectivity index (χ1) is 8.12. The van der Waals surface area contributed by atoms with Gasteiger partial charge in [0.05, 0.1) is 25.4 Å². The molecule has 0 spiro atoms. The maximum atomic E-state index is 11.8. The SMILES string of the molecule is CCC(CO)NC(=O)c1ccc(N)c(OC)c1. The Kier molecular flexibility index (Phi) is 4.78.